The zero-order valence-corrected chi connectivity index (χ0v) is 17.4. The van der Waals surface area contributed by atoms with Crippen LogP contribution in [0.15, 0.2) is 53.4 Å². The Balaban J connectivity index is 2.01. The minimum absolute atomic E-state index is 0.105. The van der Waals surface area contributed by atoms with Gasteiger partial charge in [0.1, 0.15) is 0 Å². The normalized spacial score (nSPS) is 16.2. The van der Waals surface area contributed by atoms with Crippen LogP contribution < -0.4 is 14.5 Å². The van der Waals surface area contributed by atoms with Gasteiger partial charge in [0.25, 0.3) is 0 Å². The Labute approximate surface area is 168 Å². The van der Waals surface area contributed by atoms with E-state index < -0.39 is 21.3 Å². The summed E-state index contributed by atoms with van der Waals surface area (Å²) in [6, 6.07) is 13.1. The molecular formula is C18H23N4O4S2-. The van der Waals surface area contributed by atoms with Gasteiger partial charge in [-0.25, -0.2) is 12.7 Å². The molecule has 0 aliphatic carbocycles. The average Bonchev–Trinajstić information content (AvgIpc) is 2.69. The summed E-state index contributed by atoms with van der Waals surface area (Å²) in [7, 11) is -0.683. The number of anilines is 3. The van der Waals surface area contributed by atoms with Crippen molar-refractivity contribution in [2.45, 2.75) is 4.90 Å². The summed E-state index contributed by atoms with van der Waals surface area (Å²) < 4.78 is 51.0. The van der Waals surface area contributed by atoms with E-state index in [4.69, 9.17) is 0 Å². The SMILES string of the molecule is CN(C)S(=O)(=O)c1ccc(N(c2ccccc2N2CCNCC2)S(=O)[O-])cc1. The molecule has 1 fully saturated rings. The maximum atomic E-state index is 12.3. The fourth-order valence-electron chi connectivity index (χ4n) is 3.08. The summed E-state index contributed by atoms with van der Waals surface area (Å²) >= 11 is -2.58. The fourth-order valence-corrected chi connectivity index (χ4v) is 4.59. The molecule has 0 saturated carbocycles. The molecule has 2 aromatic carbocycles. The second kappa shape index (κ2) is 8.58. The molecule has 0 radical (unpaired) electrons. The van der Waals surface area contributed by atoms with Crippen molar-refractivity contribution in [1.82, 2.24) is 9.62 Å². The van der Waals surface area contributed by atoms with E-state index in [-0.39, 0.29) is 4.90 Å². The molecule has 0 spiro atoms. The van der Waals surface area contributed by atoms with Crippen molar-refractivity contribution < 1.29 is 17.2 Å². The van der Waals surface area contributed by atoms with E-state index in [0.717, 1.165) is 36.2 Å². The Hall–Kier alpha value is -1.98. The molecule has 1 N–H and O–H groups in total. The number of hydrogen-bond acceptors (Lipinski definition) is 6. The first kappa shape index (κ1) is 20.7. The molecule has 1 unspecified atom stereocenters. The van der Waals surface area contributed by atoms with Crippen LogP contribution in [0.25, 0.3) is 0 Å². The Kier molecular flexibility index (Phi) is 6.36. The molecule has 1 aliphatic heterocycles. The number of hydrogen-bond donors (Lipinski definition) is 1. The number of sulfonamides is 1. The van der Waals surface area contributed by atoms with Crippen molar-refractivity contribution >= 4 is 38.4 Å². The topological polar surface area (TPSA) is 96.0 Å². The molecule has 2 aromatic rings. The van der Waals surface area contributed by atoms with E-state index in [1.807, 2.05) is 12.1 Å². The smallest absolute Gasteiger partial charge is 0.242 e. The lowest BCUT2D eigenvalue weighted by Gasteiger charge is -2.35. The third kappa shape index (κ3) is 4.20. The Morgan fingerprint density at radius 2 is 1.64 bits per heavy atom. The molecule has 28 heavy (non-hydrogen) atoms. The Bertz CT molecular complexity index is 942. The van der Waals surface area contributed by atoms with Crippen LogP contribution in [0.5, 0.6) is 0 Å². The number of piperazine rings is 1. The van der Waals surface area contributed by atoms with E-state index in [9.17, 15) is 17.2 Å². The third-order valence-electron chi connectivity index (χ3n) is 4.56. The van der Waals surface area contributed by atoms with Crippen LogP contribution in [0.2, 0.25) is 0 Å². The van der Waals surface area contributed by atoms with Gasteiger partial charge in [0.15, 0.2) is 0 Å². The van der Waals surface area contributed by atoms with Gasteiger partial charge in [-0.1, -0.05) is 12.1 Å². The standard InChI is InChI=1S/C18H24N4O4S2/c1-20(2)28(25,26)16-9-7-15(8-10-16)22(27(23)24)18-6-4-3-5-17(18)21-13-11-19-12-14-21/h3-10,19H,11-14H2,1-2H3,(H,23,24)/p-1. The average molecular weight is 424 g/mol. The van der Waals surface area contributed by atoms with Crippen molar-refractivity contribution in [2.75, 3.05) is 49.5 Å². The number of para-hydroxylation sites is 2. The zero-order valence-electron chi connectivity index (χ0n) is 15.7. The highest BCUT2D eigenvalue weighted by Gasteiger charge is 2.21. The summed E-state index contributed by atoms with van der Waals surface area (Å²) in [6.07, 6.45) is 0. The van der Waals surface area contributed by atoms with Crippen LogP contribution in [0.1, 0.15) is 0 Å². The van der Waals surface area contributed by atoms with Crippen molar-refractivity contribution in [3.05, 3.63) is 48.5 Å². The predicted molar refractivity (Wildman–Crippen MR) is 110 cm³/mol. The number of rotatable bonds is 6. The van der Waals surface area contributed by atoms with Crippen LogP contribution in [-0.4, -0.2) is 61.8 Å². The van der Waals surface area contributed by atoms with Crippen LogP contribution in [-0.2, 0) is 21.3 Å². The highest BCUT2D eigenvalue weighted by molar-refractivity contribution is 7.89. The largest absolute Gasteiger partial charge is 0.755 e. The van der Waals surface area contributed by atoms with E-state index in [1.54, 1.807) is 12.1 Å². The first-order valence-corrected chi connectivity index (χ1v) is 11.3. The van der Waals surface area contributed by atoms with Gasteiger partial charge in [0.05, 0.1) is 33.2 Å². The number of nitrogens with one attached hydrogen (secondary N) is 1. The van der Waals surface area contributed by atoms with Gasteiger partial charge in [-0.15, -0.1) is 0 Å². The van der Waals surface area contributed by atoms with Gasteiger partial charge in [-0.3, -0.25) is 8.51 Å². The predicted octanol–water partition coefficient (Wildman–Crippen LogP) is 1.28. The lowest BCUT2D eigenvalue weighted by molar-refractivity contribution is 0.521. The molecule has 1 atom stereocenters. The van der Waals surface area contributed by atoms with Gasteiger partial charge in [0, 0.05) is 40.3 Å². The Morgan fingerprint density at radius 3 is 2.21 bits per heavy atom. The number of nitrogens with zero attached hydrogens (tertiary/aromatic N) is 3. The summed E-state index contributed by atoms with van der Waals surface area (Å²) in [5, 5.41) is 3.28. The summed E-state index contributed by atoms with van der Waals surface area (Å²) in [5.74, 6) is 0. The molecule has 1 heterocycles. The second-order valence-corrected chi connectivity index (χ2v) is 9.47. The van der Waals surface area contributed by atoms with Crippen molar-refractivity contribution in [3.63, 3.8) is 0 Å². The molecule has 10 heteroatoms. The van der Waals surface area contributed by atoms with Gasteiger partial charge < -0.3 is 14.8 Å². The van der Waals surface area contributed by atoms with Gasteiger partial charge in [-0.05, 0) is 36.4 Å². The van der Waals surface area contributed by atoms with Crippen molar-refractivity contribution in [2.24, 2.45) is 0 Å². The second-order valence-electron chi connectivity index (χ2n) is 6.52. The monoisotopic (exact) mass is 423 g/mol. The van der Waals surface area contributed by atoms with E-state index in [0.29, 0.717) is 11.4 Å². The molecule has 0 aromatic heterocycles. The third-order valence-corrected chi connectivity index (χ3v) is 7.09. The van der Waals surface area contributed by atoms with Crippen molar-refractivity contribution in [3.8, 4) is 0 Å². The lowest BCUT2D eigenvalue weighted by atomic mass is 10.2. The quantitative estimate of drug-likeness (QED) is 0.703. The summed E-state index contributed by atoms with van der Waals surface area (Å²) in [6.45, 7) is 3.20. The maximum absolute atomic E-state index is 12.3. The first-order chi connectivity index (χ1) is 13.3. The van der Waals surface area contributed by atoms with E-state index in [2.05, 4.69) is 10.2 Å². The fraction of sp³-hybridized carbons (Fsp3) is 0.333. The molecule has 1 saturated heterocycles. The minimum atomic E-state index is -3.58. The molecule has 8 nitrogen and oxygen atoms in total. The van der Waals surface area contributed by atoms with Gasteiger partial charge >= 0.3 is 0 Å². The summed E-state index contributed by atoms with van der Waals surface area (Å²) in [5.41, 5.74) is 1.72. The molecule has 3 rings (SSSR count). The highest BCUT2D eigenvalue weighted by Crippen LogP contribution is 2.36. The van der Waals surface area contributed by atoms with E-state index in [1.165, 1.54) is 42.7 Å². The van der Waals surface area contributed by atoms with Gasteiger partial charge in [0.2, 0.25) is 10.0 Å². The zero-order chi connectivity index (χ0) is 20.3. The molecule has 0 amide bonds. The number of benzene rings is 2. The molecular weight excluding hydrogens is 400 g/mol. The maximum Gasteiger partial charge on any atom is 0.242 e. The van der Waals surface area contributed by atoms with E-state index >= 15 is 0 Å². The molecule has 1 aliphatic rings. The molecule has 152 valence electrons. The van der Waals surface area contributed by atoms with Crippen molar-refractivity contribution in [1.29, 1.82) is 0 Å². The Morgan fingerprint density at radius 1 is 1.04 bits per heavy atom. The summed E-state index contributed by atoms with van der Waals surface area (Å²) in [4.78, 5) is 2.24. The van der Waals surface area contributed by atoms with Gasteiger partial charge in [-0.2, -0.15) is 0 Å². The van der Waals surface area contributed by atoms with Crippen LogP contribution in [0.4, 0.5) is 17.1 Å². The van der Waals surface area contributed by atoms with Crippen LogP contribution in [0.3, 0.4) is 0 Å². The highest BCUT2D eigenvalue weighted by atomic mass is 32.2. The minimum Gasteiger partial charge on any atom is -0.755 e. The molecule has 0 bridgehead atoms. The van der Waals surface area contributed by atoms with Crippen LogP contribution in [0, 0.1) is 0 Å². The lowest BCUT2D eigenvalue weighted by Crippen LogP contribution is -2.44. The first-order valence-electron chi connectivity index (χ1n) is 8.79. The van der Waals surface area contributed by atoms with Crippen LogP contribution >= 0.6 is 0 Å².